The first kappa shape index (κ1) is 23.8. The van der Waals surface area contributed by atoms with Gasteiger partial charge in [0.2, 0.25) is 0 Å². The second-order valence-electron chi connectivity index (χ2n) is 8.49. The largest absolute Gasteiger partial charge is 0.496 e. The fourth-order valence-electron chi connectivity index (χ4n) is 3.38. The van der Waals surface area contributed by atoms with Gasteiger partial charge in [-0.2, -0.15) is 0 Å². The van der Waals surface area contributed by atoms with E-state index in [1.165, 1.54) is 19.3 Å². The molecule has 1 aromatic carbocycles. The summed E-state index contributed by atoms with van der Waals surface area (Å²) in [6, 6.07) is 6.03. The molecule has 0 aliphatic rings. The Hall–Kier alpha value is -1.26. The highest BCUT2D eigenvalue weighted by Gasteiger charge is 2.23. The monoisotopic (exact) mass is 379 g/mol. The zero-order chi connectivity index (χ0) is 20.3. The highest BCUT2D eigenvalue weighted by Crippen LogP contribution is 2.28. The average molecular weight is 380 g/mol. The molecule has 0 heterocycles. The number of nitrogens with two attached hydrogens (primary N) is 1. The summed E-state index contributed by atoms with van der Waals surface area (Å²) >= 11 is 0. The molecule has 0 saturated heterocycles. The Kier molecular flexibility index (Phi) is 10.8. The summed E-state index contributed by atoms with van der Waals surface area (Å²) in [7, 11) is 1.69. The Labute approximate surface area is 166 Å². The molecule has 1 rings (SSSR count). The van der Waals surface area contributed by atoms with Crippen molar-refractivity contribution in [3.63, 3.8) is 0 Å². The van der Waals surface area contributed by atoms with Gasteiger partial charge in [0.05, 0.1) is 20.3 Å². The van der Waals surface area contributed by atoms with Crippen LogP contribution in [0.2, 0.25) is 0 Å². The van der Waals surface area contributed by atoms with E-state index in [0.717, 1.165) is 55.3 Å². The lowest BCUT2D eigenvalue weighted by atomic mass is 9.88. The van der Waals surface area contributed by atoms with E-state index in [9.17, 15) is 5.11 Å². The van der Waals surface area contributed by atoms with Crippen LogP contribution in [0.15, 0.2) is 18.2 Å². The number of aryl methyl sites for hydroxylation is 1. The van der Waals surface area contributed by atoms with Gasteiger partial charge in [0, 0.05) is 11.6 Å². The van der Waals surface area contributed by atoms with E-state index < -0.39 is 5.54 Å². The lowest BCUT2D eigenvalue weighted by molar-refractivity contribution is 0.177. The van der Waals surface area contributed by atoms with Gasteiger partial charge in [-0.1, -0.05) is 53.0 Å². The number of rotatable bonds is 14. The van der Waals surface area contributed by atoms with Crippen molar-refractivity contribution in [2.24, 2.45) is 17.6 Å². The molecule has 1 aromatic rings. The number of ether oxygens (including phenoxy) is 2. The average Bonchev–Trinajstić information content (AvgIpc) is 2.65. The van der Waals surface area contributed by atoms with Crippen molar-refractivity contribution >= 4 is 0 Å². The smallest absolute Gasteiger partial charge is 0.125 e. The Bertz CT molecular complexity index is 532. The van der Waals surface area contributed by atoms with Crippen LogP contribution < -0.4 is 15.2 Å². The predicted octanol–water partition coefficient (Wildman–Crippen LogP) is 4.96. The van der Waals surface area contributed by atoms with E-state index in [0.29, 0.717) is 5.92 Å². The van der Waals surface area contributed by atoms with Crippen LogP contribution in [0.5, 0.6) is 11.5 Å². The maximum atomic E-state index is 9.60. The van der Waals surface area contributed by atoms with E-state index in [1.807, 2.05) is 12.1 Å². The van der Waals surface area contributed by atoms with Crippen molar-refractivity contribution in [2.75, 3.05) is 20.3 Å². The fraction of sp³-hybridized carbons (Fsp3) is 0.739. The molecule has 0 bridgehead atoms. The van der Waals surface area contributed by atoms with Gasteiger partial charge in [-0.05, 0) is 49.1 Å². The highest BCUT2D eigenvalue weighted by atomic mass is 16.5. The third-order valence-corrected chi connectivity index (χ3v) is 5.23. The number of hydrogen-bond acceptors (Lipinski definition) is 4. The first-order valence-electron chi connectivity index (χ1n) is 10.5. The fourth-order valence-corrected chi connectivity index (χ4v) is 3.38. The highest BCUT2D eigenvalue weighted by molar-refractivity contribution is 5.41. The summed E-state index contributed by atoms with van der Waals surface area (Å²) < 4.78 is 11.5. The van der Waals surface area contributed by atoms with Crippen LogP contribution in [-0.4, -0.2) is 31.0 Å². The maximum Gasteiger partial charge on any atom is 0.125 e. The van der Waals surface area contributed by atoms with Gasteiger partial charge in [0.15, 0.2) is 0 Å². The van der Waals surface area contributed by atoms with E-state index in [-0.39, 0.29) is 6.61 Å². The van der Waals surface area contributed by atoms with Crippen LogP contribution in [-0.2, 0) is 6.42 Å². The molecule has 0 aromatic heterocycles. The molecule has 0 aliphatic heterocycles. The Balaban J connectivity index is 2.58. The molecule has 3 N–H and O–H groups in total. The molecule has 156 valence electrons. The maximum absolute atomic E-state index is 9.60. The summed E-state index contributed by atoms with van der Waals surface area (Å²) in [5, 5.41) is 9.60. The van der Waals surface area contributed by atoms with Crippen molar-refractivity contribution in [1.29, 1.82) is 0 Å². The van der Waals surface area contributed by atoms with Crippen molar-refractivity contribution in [2.45, 2.75) is 78.2 Å². The Morgan fingerprint density at radius 2 is 1.89 bits per heavy atom. The molecular formula is C23H41NO3. The summed E-state index contributed by atoms with van der Waals surface area (Å²) in [5.41, 5.74) is 6.89. The SMILES string of the molecule is CCC[C@@](N)(CO)CCc1ccc(OCC(C)CCCC(C)C)cc1OC. The van der Waals surface area contributed by atoms with Gasteiger partial charge >= 0.3 is 0 Å². The van der Waals surface area contributed by atoms with Crippen LogP contribution in [0, 0.1) is 11.8 Å². The standard InChI is InChI=1S/C23H41NO3/c1-6-13-23(24,17-25)14-12-20-10-11-21(15-22(20)26-5)27-16-19(4)9-7-8-18(2)3/h10-11,15,18-19,25H,6-9,12-14,16-17,24H2,1-5H3/t19?,23-/m0/s1. The molecular weight excluding hydrogens is 338 g/mol. The minimum absolute atomic E-state index is 0.0129. The Morgan fingerprint density at radius 1 is 1.15 bits per heavy atom. The van der Waals surface area contributed by atoms with E-state index in [1.54, 1.807) is 7.11 Å². The van der Waals surface area contributed by atoms with Crippen molar-refractivity contribution in [1.82, 2.24) is 0 Å². The lowest BCUT2D eigenvalue weighted by Gasteiger charge is -2.27. The number of benzene rings is 1. The molecule has 0 radical (unpaired) electrons. The van der Waals surface area contributed by atoms with Gasteiger partial charge in [0.1, 0.15) is 11.5 Å². The third-order valence-electron chi connectivity index (χ3n) is 5.23. The second-order valence-corrected chi connectivity index (χ2v) is 8.49. The number of aliphatic hydroxyl groups is 1. The van der Waals surface area contributed by atoms with Crippen LogP contribution >= 0.6 is 0 Å². The van der Waals surface area contributed by atoms with Gasteiger partial charge < -0.3 is 20.3 Å². The number of hydrogen-bond donors (Lipinski definition) is 2. The van der Waals surface area contributed by atoms with Gasteiger partial charge in [-0.15, -0.1) is 0 Å². The van der Waals surface area contributed by atoms with Gasteiger partial charge in [-0.3, -0.25) is 0 Å². The van der Waals surface area contributed by atoms with Crippen molar-refractivity contribution < 1.29 is 14.6 Å². The molecule has 0 spiro atoms. The quantitative estimate of drug-likeness (QED) is 0.479. The molecule has 0 amide bonds. The topological polar surface area (TPSA) is 64.7 Å². The Morgan fingerprint density at radius 3 is 2.48 bits per heavy atom. The second kappa shape index (κ2) is 12.2. The first-order chi connectivity index (χ1) is 12.8. The van der Waals surface area contributed by atoms with E-state index in [4.69, 9.17) is 15.2 Å². The molecule has 1 unspecified atom stereocenters. The normalized spacial score (nSPS) is 14.8. The summed E-state index contributed by atoms with van der Waals surface area (Å²) in [6.07, 6.45) is 7.05. The van der Waals surface area contributed by atoms with Crippen LogP contribution in [0.4, 0.5) is 0 Å². The first-order valence-corrected chi connectivity index (χ1v) is 10.5. The molecule has 4 nitrogen and oxygen atoms in total. The summed E-state index contributed by atoms with van der Waals surface area (Å²) in [5.74, 6) is 2.99. The molecule has 4 heteroatoms. The minimum Gasteiger partial charge on any atom is -0.496 e. The predicted molar refractivity (Wildman–Crippen MR) is 114 cm³/mol. The van der Waals surface area contributed by atoms with Crippen LogP contribution in [0.25, 0.3) is 0 Å². The lowest BCUT2D eigenvalue weighted by Crippen LogP contribution is -2.43. The molecule has 0 aliphatic carbocycles. The molecule has 0 saturated carbocycles. The summed E-state index contributed by atoms with van der Waals surface area (Å²) in [6.45, 7) is 9.62. The van der Waals surface area contributed by atoms with E-state index in [2.05, 4.69) is 33.8 Å². The third kappa shape index (κ3) is 8.98. The number of methoxy groups -OCH3 is 1. The van der Waals surface area contributed by atoms with Gasteiger partial charge in [-0.25, -0.2) is 0 Å². The van der Waals surface area contributed by atoms with Crippen molar-refractivity contribution in [3.8, 4) is 11.5 Å². The molecule has 2 atom stereocenters. The van der Waals surface area contributed by atoms with Gasteiger partial charge in [0.25, 0.3) is 0 Å². The van der Waals surface area contributed by atoms with Crippen LogP contribution in [0.3, 0.4) is 0 Å². The van der Waals surface area contributed by atoms with E-state index >= 15 is 0 Å². The molecule has 27 heavy (non-hydrogen) atoms. The summed E-state index contributed by atoms with van der Waals surface area (Å²) in [4.78, 5) is 0. The van der Waals surface area contributed by atoms with Crippen LogP contribution in [0.1, 0.15) is 71.8 Å². The zero-order valence-corrected chi connectivity index (χ0v) is 18.1. The molecule has 0 fully saturated rings. The number of aliphatic hydroxyl groups excluding tert-OH is 1. The van der Waals surface area contributed by atoms with Crippen molar-refractivity contribution in [3.05, 3.63) is 23.8 Å². The zero-order valence-electron chi connectivity index (χ0n) is 18.1. The minimum atomic E-state index is -0.514.